The molecule has 0 bridgehead atoms. The zero-order chi connectivity index (χ0) is 26.1. The number of aromatic carboxylic acids is 1. The van der Waals surface area contributed by atoms with Gasteiger partial charge in [-0.25, -0.2) is 9.18 Å². The predicted octanol–water partition coefficient (Wildman–Crippen LogP) is 4.01. The van der Waals surface area contributed by atoms with Crippen molar-refractivity contribution in [3.05, 3.63) is 88.0 Å². The molecule has 1 saturated heterocycles. The van der Waals surface area contributed by atoms with Gasteiger partial charge in [0.15, 0.2) is 0 Å². The molecule has 0 unspecified atom stereocenters. The lowest BCUT2D eigenvalue weighted by Crippen LogP contribution is -2.48. The van der Waals surface area contributed by atoms with Gasteiger partial charge in [-0.3, -0.25) is 9.69 Å². The molecule has 0 aliphatic carbocycles. The highest BCUT2D eigenvalue weighted by molar-refractivity contribution is 6.04. The Morgan fingerprint density at radius 3 is 2.43 bits per heavy atom. The summed E-state index contributed by atoms with van der Waals surface area (Å²) in [5.41, 5.74) is 1.24. The van der Waals surface area contributed by atoms with Crippen LogP contribution in [0.2, 0.25) is 0 Å². The zero-order valence-corrected chi connectivity index (χ0v) is 20.4. The molecule has 0 saturated carbocycles. The Morgan fingerprint density at radius 1 is 1.03 bits per heavy atom. The van der Waals surface area contributed by atoms with Gasteiger partial charge in [-0.05, 0) is 35.9 Å². The molecule has 37 heavy (non-hydrogen) atoms. The van der Waals surface area contributed by atoms with E-state index in [2.05, 4.69) is 10.1 Å². The van der Waals surface area contributed by atoms with Crippen molar-refractivity contribution >= 4 is 39.0 Å². The number of anilines is 1. The summed E-state index contributed by atoms with van der Waals surface area (Å²) in [5, 5.41) is 24.9. The molecule has 0 amide bonds. The van der Waals surface area contributed by atoms with E-state index in [1.54, 1.807) is 10.6 Å². The highest BCUT2D eigenvalue weighted by Crippen LogP contribution is 2.26. The topological polar surface area (TPSA) is 98.4 Å². The Morgan fingerprint density at radius 2 is 1.76 bits per heavy atom. The second-order valence-electron chi connectivity index (χ2n) is 9.16. The van der Waals surface area contributed by atoms with E-state index in [9.17, 15) is 19.9 Å². The van der Waals surface area contributed by atoms with Gasteiger partial charge in [0.05, 0.1) is 11.2 Å². The minimum atomic E-state index is -1.33. The van der Waals surface area contributed by atoms with Crippen molar-refractivity contribution < 1.29 is 19.5 Å². The summed E-state index contributed by atoms with van der Waals surface area (Å²) in [7, 11) is 0. The van der Waals surface area contributed by atoms with Crippen molar-refractivity contribution in [2.75, 3.05) is 37.6 Å². The predicted molar refractivity (Wildman–Crippen MR) is 142 cm³/mol. The normalized spacial score (nSPS) is 15.0. The number of hydrogen-bond acceptors (Lipinski definition) is 6. The first-order chi connectivity index (χ1) is 17.9. The summed E-state index contributed by atoms with van der Waals surface area (Å²) in [6, 6.07) is 16.7. The number of hydrogen-bond donors (Lipinski definition) is 2. The Kier molecular flexibility index (Phi) is 6.62. The van der Waals surface area contributed by atoms with Gasteiger partial charge >= 0.3 is 5.97 Å². The van der Waals surface area contributed by atoms with Crippen LogP contribution in [0.1, 0.15) is 22.8 Å². The van der Waals surface area contributed by atoms with E-state index < -0.39 is 17.2 Å². The molecule has 2 N–H and O–H groups in total. The van der Waals surface area contributed by atoms with Gasteiger partial charge < -0.3 is 19.8 Å². The molecule has 1 aliphatic heterocycles. The van der Waals surface area contributed by atoms with E-state index in [1.165, 1.54) is 6.20 Å². The summed E-state index contributed by atoms with van der Waals surface area (Å²) in [5.74, 6) is -1.89. The Hall–Kier alpha value is -4.24. The average Bonchev–Trinajstić information content (AvgIpc) is 2.92. The number of nitrogens with zero attached hydrogens (tertiary/aromatic N) is 4. The van der Waals surface area contributed by atoms with Gasteiger partial charge in [-0.2, -0.15) is 0 Å². The minimum Gasteiger partial charge on any atom is -0.477 e. The summed E-state index contributed by atoms with van der Waals surface area (Å²) < 4.78 is 16.8. The van der Waals surface area contributed by atoms with Crippen LogP contribution in [0.5, 0.6) is 0 Å². The fraction of sp³-hybridized carbons (Fsp3) is 0.250. The summed E-state index contributed by atoms with van der Waals surface area (Å²) in [4.78, 5) is 28.2. The van der Waals surface area contributed by atoms with Crippen LogP contribution in [-0.4, -0.2) is 64.2 Å². The average molecular weight is 503 g/mol. The Balaban J connectivity index is 1.34. The lowest BCUT2D eigenvalue weighted by Gasteiger charge is -2.36. The molecule has 9 heteroatoms. The number of halogens is 1. The summed E-state index contributed by atoms with van der Waals surface area (Å²) in [6.45, 7) is 5.08. The molecule has 5 rings (SSSR count). The maximum atomic E-state index is 15.2. The lowest BCUT2D eigenvalue weighted by atomic mass is 10.0. The van der Waals surface area contributed by atoms with E-state index in [1.807, 2.05) is 54.3 Å². The SMILES string of the molecule is CCn1cc(C(=O)O)c(=O)c2cc(F)c(N3CCN(CC(=NO)c4ccc5ccccc5c4)CC3)cc21. The molecule has 190 valence electrons. The van der Waals surface area contributed by atoms with Gasteiger partial charge in [0, 0.05) is 56.4 Å². The first-order valence-electron chi connectivity index (χ1n) is 12.2. The number of carboxylic acids is 1. The fourth-order valence-corrected chi connectivity index (χ4v) is 4.96. The highest BCUT2D eigenvalue weighted by Gasteiger charge is 2.23. The molecule has 1 aromatic heterocycles. The number of oxime groups is 1. The Labute approximate surface area is 212 Å². The van der Waals surface area contributed by atoms with Crippen LogP contribution < -0.4 is 10.3 Å². The van der Waals surface area contributed by atoms with E-state index in [-0.39, 0.29) is 10.9 Å². The van der Waals surface area contributed by atoms with Crippen LogP contribution in [-0.2, 0) is 6.54 Å². The maximum Gasteiger partial charge on any atom is 0.341 e. The van der Waals surface area contributed by atoms with Gasteiger partial charge in [-0.1, -0.05) is 41.6 Å². The molecule has 0 spiro atoms. The third kappa shape index (κ3) is 4.65. The first kappa shape index (κ1) is 24.5. The van der Waals surface area contributed by atoms with E-state index in [0.29, 0.717) is 56.2 Å². The smallest absolute Gasteiger partial charge is 0.341 e. The van der Waals surface area contributed by atoms with Crippen molar-refractivity contribution in [1.29, 1.82) is 0 Å². The fourth-order valence-electron chi connectivity index (χ4n) is 4.96. The summed E-state index contributed by atoms with van der Waals surface area (Å²) in [6.07, 6.45) is 1.31. The first-order valence-corrected chi connectivity index (χ1v) is 12.2. The van der Waals surface area contributed by atoms with Gasteiger partial charge in [0.25, 0.3) is 0 Å². The molecule has 1 aliphatic rings. The van der Waals surface area contributed by atoms with Crippen molar-refractivity contribution in [2.24, 2.45) is 5.16 Å². The molecular formula is C28H27FN4O4. The monoisotopic (exact) mass is 502 g/mol. The third-order valence-corrected chi connectivity index (χ3v) is 7.01. The van der Waals surface area contributed by atoms with Crippen LogP contribution in [0, 0.1) is 5.82 Å². The molecule has 0 atom stereocenters. The van der Waals surface area contributed by atoms with Crippen LogP contribution in [0.3, 0.4) is 0 Å². The number of aryl methyl sites for hydroxylation is 1. The number of fused-ring (bicyclic) bond motifs is 2. The number of benzene rings is 3. The number of carbonyl (C=O) groups is 1. The van der Waals surface area contributed by atoms with Crippen LogP contribution in [0.25, 0.3) is 21.7 Å². The third-order valence-electron chi connectivity index (χ3n) is 7.01. The number of piperazine rings is 1. The van der Waals surface area contributed by atoms with Crippen molar-refractivity contribution in [1.82, 2.24) is 9.47 Å². The number of carboxylic acid groups (broad SMARTS) is 1. The molecule has 0 radical (unpaired) electrons. The van der Waals surface area contributed by atoms with Crippen LogP contribution >= 0.6 is 0 Å². The highest BCUT2D eigenvalue weighted by atomic mass is 19.1. The quantitative estimate of drug-likeness (QED) is 0.235. The zero-order valence-electron chi connectivity index (χ0n) is 20.4. The van der Waals surface area contributed by atoms with Crippen molar-refractivity contribution in [2.45, 2.75) is 13.5 Å². The van der Waals surface area contributed by atoms with Gasteiger partial charge in [0.1, 0.15) is 17.1 Å². The van der Waals surface area contributed by atoms with Crippen molar-refractivity contribution in [3.63, 3.8) is 0 Å². The van der Waals surface area contributed by atoms with Crippen LogP contribution in [0.15, 0.2) is 70.7 Å². The lowest BCUT2D eigenvalue weighted by molar-refractivity contribution is 0.0695. The number of aromatic nitrogens is 1. The largest absolute Gasteiger partial charge is 0.477 e. The number of rotatable bonds is 6. The molecule has 3 aromatic carbocycles. The van der Waals surface area contributed by atoms with Crippen LogP contribution in [0.4, 0.5) is 10.1 Å². The Bertz CT molecular complexity index is 1590. The molecule has 4 aromatic rings. The van der Waals surface area contributed by atoms with Crippen molar-refractivity contribution in [3.8, 4) is 0 Å². The number of pyridine rings is 1. The summed E-state index contributed by atoms with van der Waals surface area (Å²) >= 11 is 0. The second kappa shape index (κ2) is 10.0. The molecule has 8 nitrogen and oxygen atoms in total. The minimum absolute atomic E-state index is 0.0563. The standard InChI is InChI=1S/C28H27FN4O4/c1-2-32-16-22(28(35)36)27(34)21-14-23(29)26(15-25(21)32)33-11-9-31(10-12-33)17-24(30-37)20-8-7-18-5-3-4-6-19(18)13-20/h3-8,13-16,37H,2,9-12,17H2,1H3,(H,35,36). The van der Waals surface area contributed by atoms with Gasteiger partial charge in [-0.15, -0.1) is 0 Å². The van der Waals surface area contributed by atoms with E-state index in [4.69, 9.17) is 0 Å². The molecular weight excluding hydrogens is 475 g/mol. The molecule has 1 fully saturated rings. The van der Waals surface area contributed by atoms with E-state index >= 15 is 4.39 Å². The van der Waals surface area contributed by atoms with Gasteiger partial charge in [0.2, 0.25) is 5.43 Å². The second-order valence-corrected chi connectivity index (χ2v) is 9.16. The van der Waals surface area contributed by atoms with E-state index in [0.717, 1.165) is 22.4 Å². The molecule has 2 heterocycles. The maximum absolute atomic E-state index is 15.2.